The van der Waals surface area contributed by atoms with Crippen molar-refractivity contribution in [2.45, 2.75) is 30.6 Å². The van der Waals surface area contributed by atoms with Crippen LogP contribution in [0, 0.1) is 20.8 Å². The summed E-state index contributed by atoms with van der Waals surface area (Å²) in [4.78, 5) is -0.244. The van der Waals surface area contributed by atoms with Crippen LogP contribution in [-0.4, -0.2) is 42.7 Å². The average Bonchev–Trinajstić information content (AvgIpc) is 3.29. The van der Waals surface area contributed by atoms with E-state index in [0.29, 0.717) is 0 Å². The number of imidazole rings is 1. The number of aromatic nitrogens is 2. The van der Waals surface area contributed by atoms with Gasteiger partial charge in [0.25, 0.3) is 15.8 Å². The summed E-state index contributed by atoms with van der Waals surface area (Å²) >= 11 is 0. The molecule has 0 amide bonds. The monoisotopic (exact) mass is 650 g/mol. The van der Waals surface area contributed by atoms with Gasteiger partial charge in [0.15, 0.2) is 5.69 Å². The fourth-order valence-electron chi connectivity index (χ4n) is 3.91. The molecule has 12 nitrogen and oxygen atoms in total. The minimum atomic E-state index is -4.27. The summed E-state index contributed by atoms with van der Waals surface area (Å²) in [6.07, 6.45) is 5.81. The molecule has 0 saturated carbocycles. The molecule has 236 valence electrons. The first-order chi connectivity index (χ1) is 21.0. The minimum absolute atomic E-state index is 0.0549. The number of benzene rings is 3. The van der Waals surface area contributed by atoms with Gasteiger partial charge < -0.3 is 16.0 Å². The van der Waals surface area contributed by atoms with Crippen LogP contribution in [0.1, 0.15) is 22.3 Å². The Morgan fingerprint density at radius 2 is 1.36 bits per heavy atom. The lowest BCUT2D eigenvalue weighted by atomic mass is 10.1. The molecule has 0 aliphatic rings. The fraction of sp³-hybridized carbons (Fsp3) is 0.129. The maximum atomic E-state index is 10.5. The van der Waals surface area contributed by atoms with Crippen molar-refractivity contribution in [1.29, 1.82) is 0 Å². The van der Waals surface area contributed by atoms with Gasteiger partial charge in [-0.3, -0.25) is 4.55 Å². The number of guanidine groups is 1. The molecule has 2 heterocycles. The predicted molar refractivity (Wildman–Crippen MR) is 172 cm³/mol. The molecule has 0 spiro atoms. The molecule has 0 saturated heterocycles. The third-order valence-electron chi connectivity index (χ3n) is 6.30. The summed E-state index contributed by atoms with van der Waals surface area (Å²) < 4.78 is 65.0. The quantitative estimate of drug-likeness (QED) is 0.0844. The first-order valence-corrected chi connectivity index (χ1v) is 16.2. The van der Waals surface area contributed by atoms with E-state index in [1.54, 1.807) is 30.5 Å². The standard InChI is InChI=1S/C17H19N6.2C7H8O3S/c1-12-7-8-23-11-15(22(2)16(23)9-12)14-5-3-13(4-6-14)10-20-21-17(18)19;2*1-6-2-4-7(5-3-6)11(8,9)10/h3-11H,1-2H3,(H4,18,19,21);2*2-5H,1H3,(H,8,9,10)/q+1;;/p-1/b20-10+;;. The molecule has 5 aromatic rings. The van der Waals surface area contributed by atoms with Crippen molar-refractivity contribution in [3.05, 3.63) is 120 Å². The van der Waals surface area contributed by atoms with E-state index in [-0.39, 0.29) is 15.8 Å². The normalized spacial score (nSPS) is 11.3. The number of nitrogens with zero attached hydrogens (tertiary/aromatic N) is 4. The Kier molecular flexibility index (Phi) is 11.3. The first kappa shape index (κ1) is 34.6. The Hall–Kier alpha value is -4.89. The highest BCUT2D eigenvalue weighted by Gasteiger charge is 2.15. The van der Waals surface area contributed by atoms with Gasteiger partial charge in [-0.1, -0.05) is 47.5 Å². The van der Waals surface area contributed by atoms with Crippen LogP contribution in [-0.2, 0) is 27.3 Å². The lowest BCUT2D eigenvalue weighted by Crippen LogP contribution is -2.21. The topological polar surface area (TPSA) is 197 Å². The van der Waals surface area contributed by atoms with E-state index in [0.717, 1.165) is 33.6 Å². The second kappa shape index (κ2) is 14.7. The molecule has 14 heteroatoms. The van der Waals surface area contributed by atoms with E-state index in [9.17, 15) is 21.4 Å². The minimum Gasteiger partial charge on any atom is -0.744 e. The number of fused-ring (bicyclic) bond motifs is 1. The van der Waals surface area contributed by atoms with Crippen molar-refractivity contribution >= 4 is 38.1 Å². The van der Waals surface area contributed by atoms with E-state index in [4.69, 9.17) is 16.0 Å². The summed E-state index contributed by atoms with van der Waals surface area (Å²) in [6.45, 7) is 5.76. The second-order valence-electron chi connectivity index (χ2n) is 9.99. The largest absolute Gasteiger partial charge is 0.744 e. The lowest BCUT2D eigenvalue weighted by Gasteiger charge is -2.05. The second-order valence-corrected chi connectivity index (χ2v) is 12.8. The van der Waals surface area contributed by atoms with Gasteiger partial charge >= 0.3 is 0 Å². The van der Waals surface area contributed by atoms with Crippen LogP contribution >= 0.6 is 0 Å². The van der Waals surface area contributed by atoms with Crippen molar-refractivity contribution in [3.8, 4) is 11.3 Å². The molecule has 3 aromatic carbocycles. The Balaban J connectivity index is 0.000000210. The molecule has 0 unspecified atom stereocenters. The van der Waals surface area contributed by atoms with Gasteiger partial charge in [-0.05, 0) is 74.4 Å². The third-order valence-corrected chi connectivity index (χ3v) is 8.02. The molecule has 0 aliphatic heterocycles. The predicted octanol–water partition coefficient (Wildman–Crippen LogP) is 3.49. The highest BCUT2D eigenvalue weighted by Crippen LogP contribution is 2.20. The molecule has 45 heavy (non-hydrogen) atoms. The summed E-state index contributed by atoms with van der Waals surface area (Å²) in [6, 6.07) is 24.1. The Bertz CT molecular complexity index is 1960. The van der Waals surface area contributed by atoms with Crippen molar-refractivity contribution in [1.82, 2.24) is 4.57 Å². The van der Waals surface area contributed by atoms with Gasteiger partial charge in [-0.15, -0.1) is 5.10 Å². The van der Waals surface area contributed by atoms with Gasteiger partial charge in [0.05, 0.1) is 29.3 Å². The highest BCUT2D eigenvalue weighted by atomic mass is 32.2. The fourth-order valence-corrected chi connectivity index (χ4v) is 4.86. The SMILES string of the molecule is Cc1cc[n+]2cc(-c3ccc(/C=N/N=C(N)N)cc3)n(C)c2c1.Cc1ccc(S(=O)(=O)O)cc1.Cc1ccc(S(=O)(=O)[O-])cc1. The molecular weight excluding hydrogens is 617 g/mol. The molecule has 0 aliphatic carbocycles. The van der Waals surface area contributed by atoms with Crippen LogP contribution in [0.3, 0.4) is 0 Å². The average molecular weight is 651 g/mol. The molecule has 0 bridgehead atoms. The molecule has 0 atom stereocenters. The summed E-state index contributed by atoms with van der Waals surface area (Å²) in [5.74, 6) is -0.0549. The summed E-state index contributed by atoms with van der Waals surface area (Å²) in [5, 5.41) is 7.40. The van der Waals surface area contributed by atoms with Gasteiger partial charge in [-0.2, -0.15) is 13.5 Å². The van der Waals surface area contributed by atoms with Crippen molar-refractivity contribution in [2.24, 2.45) is 28.7 Å². The van der Waals surface area contributed by atoms with Gasteiger partial charge in [0.1, 0.15) is 16.3 Å². The van der Waals surface area contributed by atoms with E-state index >= 15 is 0 Å². The third kappa shape index (κ3) is 10.4. The zero-order chi connectivity index (χ0) is 33.4. The van der Waals surface area contributed by atoms with Crippen LogP contribution in [0.2, 0.25) is 0 Å². The number of pyridine rings is 1. The van der Waals surface area contributed by atoms with E-state index in [1.165, 1.54) is 29.8 Å². The van der Waals surface area contributed by atoms with Crippen molar-refractivity contribution in [2.75, 3.05) is 0 Å². The van der Waals surface area contributed by atoms with Crippen LogP contribution in [0.15, 0.2) is 117 Å². The smallest absolute Gasteiger partial charge is 0.294 e. The molecule has 2 aromatic heterocycles. The molecular formula is C31H34N6O6S2. The number of nitrogens with two attached hydrogens (primary N) is 2. The molecule has 5 rings (SSSR count). The van der Waals surface area contributed by atoms with E-state index in [2.05, 4.69) is 69.8 Å². The molecule has 5 N–H and O–H groups in total. The Morgan fingerprint density at radius 1 is 0.822 bits per heavy atom. The highest BCUT2D eigenvalue weighted by molar-refractivity contribution is 7.86. The Labute approximate surface area is 262 Å². The maximum absolute atomic E-state index is 10.5. The molecule has 0 radical (unpaired) electrons. The van der Waals surface area contributed by atoms with Crippen molar-refractivity contribution < 1.29 is 30.3 Å². The first-order valence-electron chi connectivity index (χ1n) is 13.3. The van der Waals surface area contributed by atoms with E-state index < -0.39 is 20.2 Å². The number of aryl methyl sites for hydroxylation is 4. The summed E-state index contributed by atoms with van der Waals surface area (Å²) in [7, 11) is -6.22. The van der Waals surface area contributed by atoms with Crippen LogP contribution < -0.4 is 15.9 Å². The maximum Gasteiger partial charge on any atom is 0.294 e. The van der Waals surface area contributed by atoms with Gasteiger partial charge in [-0.25, -0.2) is 17.4 Å². The summed E-state index contributed by atoms with van der Waals surface area (Å²) in [5.41, 5.74) is 17.9. The van der Waals surface area contributed by atoms with Gasteiger partial charge in [0.2, 0.25) is 5.96 Å². The van der Waals surface area contributed by atoms with Gasteiger partial charge in [0, 0.05) is 11.6 Å². The Morgan fingerprint density at radius 3 is 1.84 bits per heavy atom. The lowest BCUT2D eigenvalue weighted by molar-refractivity contribution is -0.510. The van der Waals surface area contributed by atoms with E-state index in [1.807, 2.05) is 26.0 Å². The number of hydrogen-bond donors (Lipinski definition) is 3. The molecule has 0 fully saturated rings. The van der Waals surface area contributed by atoms with Crippen molar-refractivity contribution in [3.63, 3.8) is 0 Å². The van der Waals surface area contributed by atoms with Crippen LogP contribution in [0.4, 0.5) is 0 Å². The van der Waals surface area contributed by atoms with Crippen LogP contribution in [0.25, 0.3) is 16.9 Å². The number of hydrogen-bond acceptors (Lipinski definition) is 7. The zero-order valence-electron chi connectivity index (χ0n) is 25.1. The number of rotatable bonds is 5. The zero-order valence-corrected chi connectivity index (χ0v) is 26.7. The van der Waals surface area contributed by atoms with Crippen LogP contribution in [0.5, 0.6) is 0 Å².